The molecular weight excluding hydrogens is 443 g/mol. The van der Waals surface area contributed by atoms with Crippen LogP contribution in [0, 0.1) is 11.3 Å². The molecule has 4 nitrogen and oxygen atoms in total. The van der Waals surface area contributed by atoms with Crippen molar-refractivity contribution in [3.8, 4) is 29.1 Å². The van der Waals surface area contributed by atoms with E-state index >= 15 is 0 Å². The van der Waals surface area contributed by atoms with Crippen LogP contribution in [0.1, 0.15) is 5.56 Å². The number of benzene rings is 5. The molecule has 0 N–H and O–H groups in total. The molecule has 168 valence electrons. The number of hydrogen-bond donors (Lipinski definition) is 0. The third-order valence-corrected chi connectivity index (χ3v) is 6.78. The van der Waals surface area contributed by atoms with E-state index in [1.807, 2.05) is 66.7 Å². The van der Waals surface area contributed by atoms with Gasteiger partial charge in [-0.25, -0.2) is 0 Å². The van der Waals surface area contributed by atoms with Gasteiger partial charge in [-0.3, -0.25) is 0 Å². The maximum absolute atomic E-state index is 9.54. The predicted octanol–water partition coefficient (Wildman–Crippen LogP) is 5.76. The summed E-state index contributed by atoms with van der Waals surface area (Å²) in [5.41, 5.74) is 6.66. The summed E-state index contributed by atoms with van der Waals surface area (Å²) >= 11 is 0. The highest BCUT2D eigenvalue weighted by Gasteiger charge is 2.40. The maximum Gasteiger partial charge on any atom is 0.260 e. The molecule has 0 saturated heterocycles. The Bertz CT molecular complexity index is 1610. The molecule has 2 aliphatic heterocycles. The predicted molar refractivity (Wildman–Crippen MR) is 144 cm³/mol. The zero-order valence-corrected chi connectivity index (χ0v) is 19.3. The van der Waals surface area contributed by atoms with Gasteiger partial charge >= 0.3 is 0 Å². The van der Waals surface area contributed by atoms with Crippen LogP contribution in [0.3, 0.4) is 0 Å². The van der Waals surface area contributed by atoms with Gasteiger partial charge in [0.15, 0.2) is 0 Å². The first kappa shape index (κ1) is 20.4. The zero-order valence-electron chi connectivity index (χ0n) is 19.3. The molecule has 0 atom stereocenters. The second-order valence-electron chi connectivity index (χ2n) is 8.90. The van der Waals surface area contributed by atoms with Gasteiger partial charge in [0, 0.05) is 29.0 Å². The molecule has 0 saturated carbocycles. The van der Waals surface area contributed by atoms with E-state index in [9.17, 15) is 5.26 Å². The van der Waals surface area contributed by atoms with Gasteiger partial charge in [-0.15, -0.1) is 0 Å². The number of nitriles is 1. The number of hydrogen-bond acceptors (Lipinski definition) is 4. The summed E-state index contributed by atoms with van der Waals surface area (Å²) < 4.78 is 13.0. The molecule has 36 heavy (non-hydrogen) atoms. The van der Waals surface area contributed by atoms with Crippen LogP contribution in [0.15, 0.2) is 115 Å². The average Bonchev–Trinajstić information content (AvgIpc) is 2.93. The molecule has 0 unspecified atom stereocenters. The Hall–Kier alpha value is -4.95. The van der Waals surface area contributed by atoms with Crippen LogP contribution in [-0.4, -0.2) is 6.71 Å². The van der Waals surface area contributed by atoms with E-state index in [0.29, 0.717) is 5.56 Å². The van der Waals surface area contributed by atoms with Crippen molar-refractivity contribution in [1.29, 1.82) is 5.26 Å². The molecule has 2 aliphatic rings. The Morgan fingerprint density at radius 3 is 1.78 bits per heavy atom. The summed E-state index contributed by atoms with van der Waals surface area (Å²) in [6.45, 7) is 0.0334. The highest BCUT2D eigenvalue weighted by atomic mass is 16.5. The fourth-order valence-electron chi connectivity index (χ4n) is 5.25. The topological polar surface area (TPSA) is 45.5 Å². The van der Waals surface area contributed by atoms with Gasteiger partial charge in [0.05, 0.1) is 17.3 Å². The molecule has 0 bridgehead atoms. The van der Waals surface area contributed by atoms with Crippen molar-refractivity contribution in [2.75, 3.05) is 4.90 Å². The molecular formula is C31H19BN2O2. The van der Waals surface area contributed by atoms with Crippen LogP contribution in [0.5, 0.6) is 23.0 Å². The molecule has 5 aromatic carbocycles. The number of nitrogens with zero attached hydrogens (tertiary/aromatic N) is 2. The Kier molecular flexibility index (Phi) is 4.58. The Morgan fingerprint density at radius 1 is 0.556 bits per heavy atom. The monoisotopic (exact) mass is 462 g/mol. The van der Waals surface area contributed by atoms with E-state index in [4.69, 9.17) is 9.47 Å². The minimum absolute atomic E-state index is 0.0334. The van der Waals surface area contributed by atoms with Gasteiger partial charge in [-0.2, -0.15) is 5.26 Å². The lowest BCUT2D eigenvalue weighted by molar-refractivity contribution is 0.465. The highest BCUT2D eigenvalue weighted by Crippen LogP contribution is 2.42. The normalized spacial score (nSPS) is 12.2. The molecule has 5 heteroatoms. The standard InChI is InChI=1S/C31H19BN2O2/c33-20-21-9-8-12-23(17-21)34(22-10-2-1-3-11-22)24-18-29-31-30(19-24)36-28-16-7-5-14-26(28)32(31)25-13-4-6-15-27(25)35-29/h1-19H. The van der Waals surface area contributed by atoms with Gasteiger partial charge in [0.2, 0.25) is 0 Å². The van der Waals surface area contributed by atoms with Crippen molar-refractivity contribution in [1.82, 2.24) is 0 Å². The maximum atomic E-state index is 9.54. The molecule has 0 amide bonds. The summed E-state index contributed by atoms with van der Waals surface area (Å²) in [4.78, 5) is 2.13. The van der Waals surface area contributed by atoms with E-state index in [1.54, 1.807) is 0 Å². The molecule has 5 aromatic rings. The second-order valence-corrected chi connectivity index (χ2v) is 8.90. The van der Waals surface area contributed by atoms with E-state index in [2.05, 4.69) is 59.5 Å². The summed E-state index contributed by atoms with van der Waals surface area (Å²) in [5.74, 6) is 3.26. The van der Waals surface area contributed by atoms with E-state index < -0.39 is 0 Å². The summed E-state index contributed by atoms with van der Waals surface area (Å²) in [6.07, 6.45) is 0. The van der Waals surface area contributed by atoms with Gasteiger partial charge in [0.25, 0.3) is 6.71 Å². The molecule has 0 spiro atoms. The fourth-order valence-corrected chi connectivity index (χ4v) is 5.25. The molecule has 0 radical (unpaired) electrons. The molecule has 0 aromatic heterocycles. The van der Waals surface area contributed by atoms with Crippen molar-refractivity contribution in [2.45, 2.75) is 0 Å². The summed E-state index contributed by atoms with van der Waals surface area (Å²) in [6, 6.07) is 40.6. The smallest absolute Gasteiger partial charge is 0.260 e. The first-order valence-corrected chi connectivity index (χ1v) is 11.9. The molecule has 7 rings (SSSR count). The van der Waals surface area contributed by atoms with E-state index in [-0.39, 0.29) is 6.71 Å². The fraction of sp³-hybridized carbons (Fsp3) is 0. The van der Waals surface area contributed by atoms with Crippen molar-refractivity contribution in [2.24, 2.45) is 0 Å². The van der Waals surface area contributed by atoms with Gasteiger partial charge < -0.3 is 14.4 Å². The minimum atomic E-state index is 0.0334. The first-order chi connectivity index (χ1) is 17.8. The molecule has 2 heterocycles. The number of ether oxygens (including phenoxy) is 2. The zero-order chi connectivity index (χ0) is 24.1. The quantitative estimate of drug-likeness (QED) is 0.314. The first-order valence-electron chi connectivity index (χ1n) is 11.9. The molecule has 0 aliphatic carbocycles. The van der Waals surface area contributed by atoms with Gasteiger partial charge in [0.1, 0.15) is 23.0 Å². The number of para-hydroxylation sites is 3. The van der Waals surface area contributed by atoms with Crippen LogP contribution in [-0.2, 0) is 0 Å². The molecule has 0 fully saturated rings. The van der Waals surface area contributed by atoms with Crippen LogP contribution in [0.4, 0.5) is 17.1 Å². The van der Waals surface area contributed by atoms with E-state index in [1.165, 1.54) is 0 Å². The number of rotatable bonds is 3. The third kappa shape index (κ3) is 3.16. The van der Waals surface area contributed by atoms with Gasteiger partial charge in [-0.05, 0) is 53.4 Å². The summed E-state index contributed by atoms with van der Waals surface area (Å²) in [5, 5.41) is 9.54. The van der Waals surface area contributed by atoms with Crippen molar-refractivity contribution in [3.63, 3.8) is 0 Å². The lowest BCUT2D eigenvalue weighted by atomic mass is 9.35. The van der Waals surface area contributed by atoms with Crippen LogP contribution in [0.25, 0.3) is 0 Å². The van der Waals surface area contributed by atoms with E-state index in [0.717, 1.165) is 56.4 Å². The van der Waals surface area contributed by atoms with Crippen LogP contribution >= 0.6 is 0 Å². The average molecular weight is 462 g/mol. The lowest BCUT2D eigenvalue weighted by Crippen LogP contribution is -2.57. The minimum Gasteiger partial charge on any atom is -0.458 e. The third-order valence-electron chi connectivity index (χ3n) is 6.78. The van der Waals surface area contributed by atoms with Crippen LogP contribution < -0.4 is 30.8 Å². The second kappa shape index (κ2) is 8.07. The van der Waals surface area contributed by atoms with Crippen molar-refractivity contribution >= 4 is 40.2 Å². The SMILES string of the molecule is N#Cc1cccc(N(c2ccccc2)c2cc3c4c(c2)Oc2ccccc2B4c2ccccc2O3)c1. The lowest BCUT2D eigenvalue weighted by Gasteiger charge is -2.34. The van der Waals surface area contributed by atoms with Crippen LogP contribution in [0.2, 0.25) is 0 Å². The summed E-state index contributed by atoms with van der Waals surface area (Å²) in [7, 11) is 0. The van der Waals surface area contributed by atoms with Crippen molar-refractivity contribution in [3.05, 3.63) is 121 Å². The largest absolute Gasteiger partial charge is 0.458 e. The van der Waals surface area contributed by atoms with Gasteiger partial charge in [-0.1, -0.05) is 60.7 Å². The van der Waals surface area contributed by atoms with Crippen molar-refractivity contribution < 1.29 is 9.47 Å². The Labute approximate surface area is 209 Å². The Morgan fingerprint density at radius 2 is 1.14 bits per heavy atom. The number of fused-ring (bicyclic) bond motifs is 4. The highest BCUT2D eigenvalue weighted by molar-refractivity contribution is 6.98. The Balaban J connectivity index is 1.47. The number of anilines is 3.